The molecule has 0 spiro atoms. The molecule has 1 aliphatic carbocycles. The van der Waals surface area contributed by atoms with Gasteiger partial charge in [0, 0.05) is 13.1 Å². The topological polar surface area (TPSA) is 46.3 Å². The Balaban J connectivity index is 0.00000196. The van der Waals surface area contributed by atoms with Crippen molar-refractivity contribution in [3.8, 4) is 0 Å². The number of hydrogen-bond donors (Lipinski definition) is 1. The van der Waals surface area contributed by atoms with Crippen LogP contribution < -0.4 is 5.73 Å². The summed E-state index contributed by atoms with van der Waals surface area (Å²) in [5, 5.41) is 0. The van der Waals surface area contributed by atoms with Gasteiger partial charge in [0.15, 0.2) is 0 Å². The van der Waals surface area contributed by atoms with E-state index >= 15 is 0 Å². The fourth-order valence-electron chi connectivity index (χ4n) is 1.88. The highest BCUT2D eigenvalue weighted by atomic mass is 35.5. The molecule has 1 aliphatic rings. The number of amides is 1. The minimum absolute atomic E-state index is 0. The molecule has 0 saturated heterocycles. The maximum absolute atomic E-state index is 12.0. The second-order valence-electron chi connectivity index (χ2n) is 3.81. The quantitative estimate of drug-likeness (QED) is 0.810. The molecule has 0 aromatic carbocycles. The minimum atomic E-state index is -2.47. The van der Waals surface area contributed by atoms with Gasteiger partial charge in [-0.2, -0.15) is 0 Å². The zero-order valence-electron chi connectivity index (χ0n) is 8.66. The second-order valence-corrected chi connectivity index (χ2v) is 3.81. The number of hydrogen-bond acceptors (Lipinski definition) is 2. The number of nitrogens with zero attached hydrogens (tertiary/aromatic N) is 1. The van der Waals surface area contributed by atoms with Crippen LogP contribution in [0.5, 0.6) is 0 Å². The van der Waals surface area contributed by atoms with E-state index in [-0.39, 0.29) is 30.3 Å². The Kier molecular flexibility index (Phi) is 6.05. The highest BCUT2D eigenvalue weighted by Gasteiger charge is 2.32. The van der Waals surface area contributed by atoms with Crippen molar-refractivity contribution in [1.29, 1.82) is 0 Å². The van der Waals surface area contributed by atoms with Gasteiger partial charge in [-0.3, -0.25) is 4.79 Å². The molecular weight excluding hydrogens is 226 g/mol. The van der Waals surface area contributed by atoms with Crippen LogP contribution in [0.15, 0.2) is 0 Å². The lowest BCUT2D eigenvalue weighted by atomic mass is 10.0. The average molecular weight is 243 g/mol. The average Bonchev–Trinajstić information content (AvgIpc) is 2.48. The third kappa shape index (κ3) is 3.91. The number of carbonyl (C=O) groups is 1. The van der Waals surface area contributed by atoms with Gasteiger partial charge in [0.25, 0.3) is 6.43 Å². The lowest BCUT2D eigenvalue weighted by molar-refractivity contribution is -0.136. The van der Waals surface area contributed by atoms with E-state index < -0.39 is 13.0 Å². The molecule has 6 heteroatoms. The lowest BCUT2D eigenvalue weighted by Gasteiger charge is -2.22. The Bertz CT molecular complexity index is 216. The molecule has 2 atom stereocenters. The van der Waals surface area contributed by atoms with Crippen molar-refractivity contribution in [2.45, 2.75) is 31.7 Å². The molecule has 0 aromatic heterocycles. The SMILES string of the molecule is CN(CC(F)F)C(=O)C1CCCC1N.Cl. The van der Waals surface area contributed by atoms with Crippen LogP contribution in [0.1, 0.15) is 19.3 Å². The van der Waals surface area contributed by atoms with Gasteiger partial charge in [-0.15, -0.1) is 12.4 Å². The van der Waals surface area contributed by atoms with Gasteiger partial charge in [-0.05, 0) is 12.8 Å². The van der Waals surface area contributed by atoms with Crippen molar-refractivity contribution in [2.24, 2.45) is 11.7 Å². The van der Waals surface area contributed by atoms with Crippen LogP contribution in [0.25, 0.3) is 0 Å². The highest BCUT2D eigenvalue weighted by Crippen LogP contribution is 2.25. The molecule has 2 unspecified atom stereocenters. The Morgan fingerprint density at radius 2 is 2.13 bits per heavy atom. The van der Waals surface area contributed by atoms with Gasteiger partial charge in [0.2, 0.25) is 5.91 Å². The first-order valence-electron chi connectivity index (χ1n) is 4.81. The molecule has 1 amide bonds. The zero-order valence-corrected chi connectivity index (χ0v) is 9.47. The molecular formula is C9H17ClF2N2O. The molecule has 90 valence electrons. The molecule has 0 aliphatic heterocycles. The molecule has 1 fully saturated rings. The van der Waals surface area contributed by atoms with Gasteiger partial charge < -0.3 is 10.6 Å². The molecule has 0 radical (unpaired) electrons. The standard InChI is InChI=1S/C9H16F2N2O.ClH/c1-13(5-8(10)11)9(14)6-3-2-4-7(6)12;/h6-8H,2-5,12H2,1H3;1H. The van der Waals surface area contributed by atoms with E-state index in [0.29, 0.717) is 0 Å². The molecule has 15 heavy (non-hydrogen) atoms. The van der Waals surface area contributed by atoms with Crippen molar-refractivity contribution < 1.29 is 13.6 Å². The third-order valence-electron chi connectivity index (χ3n) is 2.67. The molecule has 1 saturated carbocycles. The number of nitrogens with two attached hydrogens (primary N) is 1. The summed E-state index contributed by atoms with van der Waals surface area (Å²) in [6.07, 6.45) is -0.00589. The first-order valence-corrected chi connectivity index (χ1v) is 4.81. The van der Waals surface area contributed by atoms with E-state index in [4.69, 9.17) is 5.73 Å². The van der Waals surface area contributed by atoms with Gasteiger partial charge in [-0.1, -0.05) is 6.42 Å². The van der Waals surface area contributed by atoms with E-state index in [1.165, 1.54) is 7.05 Å². The normalized spacial score (nSPS) is 25.1. The van der Waals surface area contributed by atoms with Crippen LogP contribution in [0.2, 0.25) is 0 Å². The summed E-state index contributed by atoms with van der Waals surface area (Å²) in [5.41, 5.74) is 5.71. The van der Waals surface area contributed by atoms with E-state index in [9.17, 15) is 13.6 Å². The van der Waals surface area contributed by atoms with Gasteiger partial charge in [-0.25, -0.2) is 8.78 Å². The van der Waals surface area contributed by atoms with Crippen LogP contribution in [0.4, 0.5) is 8.78 Å². The van der Waals surface area contributed by atoms with E-state index in [1.54, 1.807) is 0 Å². The molecule has 1 rings (SSSR count). The first-order chi connectivity index (χ1) is 6.52. The molecule has 3 nitrogen and oxygen atoms in total. The molecule has 0 aromatic rings. The summed E-state index contributed by atoms with van der Waals surface area (Å²) < 4.78 is 24.0. The van der Waals surface area contributed by atoms with Crippen LogP contribution in [0, 0.1) is 5.92 Å². The minimum Gasteiger partial charge on any atom is -0.340 e. The van der Waals surface area contributed by atoms with Crippen molar-refractivity contribution in [2.75, 3.05) is 13.6 Å². The van der Waals surface area contributed by atoms with Crippen LogP contribution in [-0.4, -0.2) is 36.9 Å². The molecule has 2 N–H and O–H groups in total. The summed E-state index contributed by atoms with van der Waals surface area (Å²) >= 11 is 0. The zero-order chi connectivity index (χ0) is 10.7. The summed E-state index contributed by atoms with van der Waals surface area (Å²) in [6, 6.07) is -0.150. The van der Waals surface area contributed by atoms with Crippen LogP contribution in [0.3, 0.4) is 0 Å². The van der Waals surface area contributed by atoms with Crippen LogP contribution >= 0.6 is 12.4 Å². The Morgan fingerprint density at radius 1 is 1.53 bits per heavy atom. The van der Waals surface area contributed by atoms with Crippen molar-refractivity contribution in [1.82, 2.24) is 4.90 Å². The Morgan fingerprint density at radius 3 is 2.53 bits per heavy atom. The number of halogens is 3. The fourth-order valence-corrected chi connectivity index (χ4v) is 1.88. The van der Waals surface area contributed by atoms with Crippen LogP contribution in [-0.2, 0) is 4.79 Å². The third-order valence-corrected chi connectivity index (χ3v) is 2.67. The molecule has 0 bridgehead atoms. The summed E-state index contributed by atoms with van der Waals surface area (Å²) in [7, 11) is 1.40. The summed E-state index contributed by atoms with van der Waals surface area (Å²) in [6.45, 7) is -0.498. The Labute approximate surface area is 94.4 Å². The maximum Gasteiger partial charge on any atom is 0.255 e. The second kappa shape index (κ2) is 6.23. The predicted octanol–water partition coefficient (Wildman–Crippen LogP) is 1.26. The monoisotopic (exact) mass is 242 g/mol. The largest absolute Gasteiger partial charge is 0.340 e. The smallest absolute Gasteiger partial charge is 0.255 e. The van der Waals surface area contributed by atoms with Crippen molar-refractivity contribution in [3.63, 3.8) is 0 Å². The van der Waals surface area contributed by atoms with Crippen molar-refractivity contribution in [3.05, 3.63) is 0 Å². The number of alkyl halides is 2. The summed E-state index contributed by atoms with van der Waals surface area (Å²) in [4.78, 5) is 12.7. The fraction of sp³-hybridized carbons (Fsp3) is 0.889. The predicted molar refractivity (Wildman–Crippen MR) is 56.2 cm³/mol. The number of carbonyl (C=O) groups excluding carboxylic acids is 1. The van der Waals surface area contributed by atoms with E-state index in [0.717, 1.165) is 24.2 Å². The maximum atomic E-state index is 12.0. The first kappa shape index (κ1) is 14.6. The summed E-state index contributed by atoms with van der Waals surface area (Å²) in [5.74, 6) is -0.492. The Hall–Kier alpha value is -0.420. The number of rotatable bonds is 3. The van der Waals surface area contributed by atoms with Gasteiger partial charge in [0.1, 0.15) is 0 Å². The van der Waals surface area contributed by atoms with Crippen molar-refractivity contribution >= 4 is 18.3 Å². The van der Waals surface area contributed by atoms with E-state index in [2.05, 4.69) is 0 Å². The highest BCUT2D eigenvalue weighted by molar-refractivity contribution is 5.85. The molecule has 0 heterocycles. The van der Waals surface area contributed by atoms with E-state index in [1.807, 2.05) is 0 Å². The lowest BCUT2D eigenvalue weighted by Crippen LogP contribution is -2.41. The van der Waals surface area contributed by atoms with Gasteiger partial charge >= 0.3 is 0 Å². The van der Waals surface area contributed by atoms with Gasteiger partial charge in [0.05, 0.1) is 12.5 Å².